The first-order valence-electron chi connectivity index (χ1n) is 6.18. The molecule has 0 radical (unpaired) electrons. The van der Waals surface area contributed by atoms with Crippen LogP contribution in [-0.2, 0) is 11.3 Å². The minimum absolute atomic E-state index is 0.0319. The molecule has 106 valence electrons. The summed E-state index contributed by atoms with van der Waals surface area (Å²) in [5.74, 6) is 0.333. The Bertz CT molecular complexity index is 442. The second-order valence-corrected chi connectivity index (χ2v) is 5.74. The van der Waals surface area contributed by atoms with Crippen LogP contribution in [0.2, 0.25) is 5.02 Å². The maximum Gasteiger partial charge on any atom is 0.257 e. The lowest BCUT2D eigenvalue weighted by Crippen LogP contribution is -2.35. The number of carbonyl (C=O) groups is 1. The van der Waals surface area contributed by atoms with E-state index < -0.39 is 0 Å². The molecule has 2 N–H and O–H groups in total. The van der Waals surface area contributed by atoms with Gasteiger partial charge in [0.15, 0.2) is 6.61 Å². The SMILES string of the molecule is CNC(=O)COc1ccc(CNC(C)(C)C)cc1Cl. The van der Waals surface area contributed by atoms with Crippen molar-refractivity contribution in [3.63, 3.8) is 0 Å². The Morgan fingerprint density at radius 2 is 2.05 bits per heavy atom. The zero-order valence-corrected chi connectivity index (χ0v) is 12.6. The molecule has 5 heteroatoms. The number of carbonyl (C=O) groups excluding carboxylic acids is 1. The third kappa shape index (κ3) is 5.94. The Labute approximate surface area is 119 Å². The molecule has 4 nitrogen and oxygen atoms in total. The summed E-state index contributed by atoms with van der Waals surface area (Å²) >= 11 is 6.12. The molecule has 0 unspecified atom stereocenters. The molecule has 1 aromatic carbocycles. The summed E-state index contributed by atoms with van der Waals surface area (Å²) in [6, 6.07) is 5.56. The van der Waals surface area contributed by atoms with E-state index in [9.17, 15) is 4.79 Å². The van der Waals surface area contributed by atoms with E-state index in [1.807, 2.05) is 12.1 Å². The summed E-state index contributed by atoms with van der Waals surface area (Å²) in [6.45, 7) is 7.02. The van der Waals surface area contributed by atoms with Crippen LogP contribution in [0.15, 0.2) is 18.2 Å². The molecule has 0 aliphatic heterocycles. The number of hydrogen-bond donors (Lipinski definition) is 2. The first-order valence-corrected chi connectivity index (χ1v) is 6.56. The van der Waals surface area contributed by atoms with Gasteiger partial charge >= 0.3 is 0 Å². The summed E-state index contributed by atoms with van der Waals surface area (Å²) in [4.78, 5) is 11.1. The second kappa shape index (κ2) is 6.78. The van der Waals surface area contributed by atoms with Gasteiger partial charge in [0, 0.05) is 19.1 Å². The van der Waals surface area contributed by atoms with Crippen molar-refractivity contribution in [1.82, 2.24) is 10.6 Å². The fourth-order valence-corrected chi connectivity index (χ4v) is 1.61. The summed E-state index contributed by atoms with van der Waals surface area (Å²) in [7, 11) is 1.56. The number of ether oxygens (including phenoxy) is 1. The van der Waals surface area contributed by atoms with E-state index in [0.29, 0.717) is 10.8 Å². The molecule has 0 heterocycles. The molecule has 0 aliphatic rings. The van der Waals surface area contributed by atoms with E-state index in [4.69, 9.17) is 16.3 Å². The van der Waals surface area contributed by atoms with Crippen LogP contribution in [0.25, 0.3) is 0 Å². The zero-order chi connectivity index (χ0) is 14.5. The lowest BCUT2D eigenvalue weighted by molar-refractivity contribution is -0.122. The third-order valence-corrected chi connectivity index (χ3v) is 2.75. The van der Waals surface area contributed by atoms with Gasteiger partial charge in [-0.05, 0) is 38.5 Å². The standard InChI is InChI=1S/C14H21ClN2O2/c1-14(2,3)17-8-10-5-6-12(11(15)7-10)19-9-13(18)16-4/h5-7,17H,8-9H2,1-4H3,(H,16,18). The van der Waals surface area contributed by atoms with E-state index in [1.165, 1.54) is 0 Å². The smallest absolute Gasteiger partial charge is 0.257 e. The monoisotopic (exact) mass is 284 g/mol. The van der Waals surface area contributed by atoms with E-state index >= 15 is 0 Å². The van der Waals surface area contributed by atoms with Gasteiger partial charge in [-0.1, -0.05) is 17.7 Å². The third-order valence-electron chi connectivity index (χ3n) is 2.46. The fraction of sp³-hybridized carbons (Fsp3) is 0.500. The molecule has 0 bridgehead atoms. The van der Waals surface area contributed by atoms with E-state index in [1.54, 1.807) is 13.1 Å². The van der Waals surface area contributed by atoms with Gasteiger partial charge in [-0.15, -0.1) is 0 Å². The van der Waals surface area contributed by atoms with Gasteiger partial charge in [-0.25, -0.2) is 0 Å². The topological polar surface area (TPSA) is 50.4 Å². The molecular formula is C14H21ClN2O2. The molecule has 0 atom stereocenters. The molecule has 0 aliphatic carbocycles. The van der Waals surface area contributed by atoms with Gasteiger partial charge in [0.2, 0.25) is 0 Å². The Hall–Kier alpha value is -1.26. The maximum absolute atomic E-state index is 11.1. The highest BCUT2D eigenvalue weighted by atomic mass is 35.5. The van der Waals surface area contributed by atoms with E-state index in [2.05, 4.69) is 31.4 Å². The van der Waals surface area contributed by atoms with Crippen LogP contribution in [0.3, 0.4) is 0 Å². The number of benzene rings is 1. The molecule has 1 amide bonds. The van der Waals surface area contributed by atoms with Crippen LogP contribution in [-0.4, -0.2) is 25.1 Å². The van der Waals surface area contributed by atoms with Crippen molar-refractivity contribution < 1.29 is 9.53 Å². The molecule has 0 saturated heterocycles. The molecule has 0 saturated carbocycles. The highest BCUT2D eigenvalue weighted by Crippen LogP contribution is 2.25. The summed E-state index contributed by atoms with van der Waals surface area (Å²) in [5, 5.41) is 6.38. The first kappa shape index (κ1) is 15.8. The van der Waals surface area contributed by atoms with E-state index in [-0.39, 0.29) is 18.1 Å². The van der Waals surface area contributed by atoms with Crippen molar-refractivity contribution in [1.29, 1.82) is 0 Å². The minimum Gasteiger partial charge on any atom is -0.482 e. The molecule has 0 spiro atoms. The quantitative estimate of drug-likeness (QED) is 0.873. The lowest BCUT2D eigenvalue weighted by Gasteiger charge is -2.20. The number of hydrogen-bond acceptors (Lipinski definition) is 3. The number of halogens is 1. The van der Waals surface area contributed by atoms with Crippen LogP contribution in [0, 0.1) is 0 Å². The zero-order valence-electron chi connectivity index (χ0n) is 11.8. The van der Waals surface area contributed by atoms with Crippen LogP contribution >= 0.6 is 11.6 Å². The summed E-state index contributed by atoms with van der Waals surface area (Å²) in [5.41, 5.74) is 1.13. The van der Waals surface area contributed by atoms with Gasteiger partial charge in [0.25, 0.3) is 5.91 Å². The highest BCUT2D eigenvalue weighted by molar-refractivity contribution is 6.32. The predicted octanol–water partition coefficient (Wildman–Crippen LogP) is 2.35. The fourth-order valence-electron chi connectivity index (χ4n) is 1.35. The average molecular weight is 285 g/mol. The van der Waals surface area contributed by atoms with Gasteiger partial charge in [-0.3, -0.25) is 4.79 Å². The Balaban J connectivity index is 2.61. The molecule has 19 heavy (non-hydrogen) atoms. The largest absolute Gasteiger partial charge is 0.482 e. The van der Waals surface area contributed by atoms with Gasteiger partial charge in [0.1, 0.15) is 5.75 Å². The maximum atomic E-state index is 11.1. The van der Waals surface area contributed by atoms with Crippen molar-refractivity contribution in [3.8, 4) is 5.75 Å². The predicted molar refractivity (Wildman–Crippen MR) is 77.6 cm³/mol. The minimum atomic E-state index is -0.186. The molecule has 0 aromatic heterocycles. The van der Waals surface area contributed by atoms with Crippen LogP contribution in [0.5, 0.6) is 5.75 Å². The highest BCUT2D eigenvalue weighted by Gasteiger charge is 2.10. The molecule has 1 aromatic rings. The van der Waals surface area contributed by atoms with Crippen molar-refractivity contribution >= 4 is 17.5 Å². The Morgan fingerprint density at radius 1 is 1.37 bits per heavy atom. The number of rotatable bonds is 5. The van der Waals surface area contributed by atoms with Crippen LogP contribution in [0.1, 0.15) is 26.3 Å². The first-order chi connectivity index (χ1) is 8.81. The summed E-state index contributed by atoms with van der Waals surface area (Å²) in [6.07, 6.45) is 0. The van der Waals surface area contributed by atoms with Crippen molar-refractivity contribution in [2.75, 3.05) is 13.7 Å². The van der Waals surface area contributed by atoms with E-state index in [0.717, 1.165) is 12.1 Å². The Kier molecular flexibility index (Phi) is 5.63. The van der Waals surface area contributed by atoms with Crippen LogP contribution < -0.4 is 15.4 Å². The van der Waals surface area contributed by atoms with Gasteiger partial charge in [-0.2, -0.15) is 0 Å². The van der Waals surface area contributed by atoms with Crippen LogP contribution in [0.4, 0.5) is 0 Å². The number of nitrogens with one attached hydrogen (secondary N) is 2. The average Bonchev–Trinajstić information content (AvgIpc) is 2.34. The van der Waals surface area contributed by atoms with Crippen molar-refractivity contribution in [2.24, 2.45) is 0 Å². The van der Waals surface area contributed by atoms with Gasteiger partial charge in [0.05, 0.1) is 5.02 Å². The van der Waals surface area contributed by atoms with Crippen molar-refractivity contribution in [3.05, 3.63) is 28.8 Å². The normalized spacial score (nSPS) is 11.2. The van der Waals surface area contributed by atoms with Gasteiger partial charge < -0.3 is 15.4 Å². The molecule has 0 fully saturated rings. The Morgan fingerprint density at radius 3 is 2.58 bits per heavy atom. The number of likely N-dealkylation sites (N-methyl/N-ethyl adjacent to an activating group) is 1. The molecular weight excluding hydrogens is 264 g/mol. The second-order valence-electron chi connectivity index (χ2n) is 5.33. The number of amides is 1. The molecule has 1 rings (SSSR count). The van der Waals surface area contributed by atoms with Crippen molar-refractivity contribution in [2.45, 2.75) is 32.9 Å². The summed E-state index contributed by atoms with van der Waals surface area (Å²) < 4.78 is 5.33. The lowest BCUT2D eigenvalue weighted by atomic mass is 10.1.